The molecule has 2 N–H and O–H groups in total. The smallest absolute Gasteiger partial charge is 0.214 e. The van der Waals surface area contributed by atoms with Gasteiger partial charge in [0.15, 0.2) is 0 Å². The van der Waals surface area contributed by atoms with Crippen LogP contribution >= 0.6 is 0 Å². The molecule has 0 bridgehead atoms. The van der Waals surface area contributed by atoms with E-state index in [0.717, 1.165) is 11.1 Å². The van der Waals surface area contributed by atoms with E-state index in [1.54, 1.807) is 46.8 Å². The van der Waals surface area contributed by atoms with Crippen LogP contribution in [0.1, 0.15) is 27.8 Å². The lowest BCUT2D eigenvalue weighted by Crippen LogP contribution is -2.09. The van der Waals surface area contributed by atoms with Crippen LogP contribution < -0.4 is 0 Å². The van der Waals surface area contributed by atoms with E-state index >= 15 is 0 Å². The molecule has 0 aromatic heterocycles. The molecule has 2 rings (SSSR count). The SMILES string of the molecule is Cc1cc(C)c(S(=O)(=O)c2c(C)c(C)cc(C)c2O)c(O)c1. The first kappa shape index (κ1) is 16.4. The van der Waals surface area contributed by atoms with Gasteiger partial charge in [-0.15, -0.1) is 0 Å². The summed E-state index contributed by atoms with van der Waals surface area (Å²) >= 11 is 0. The summed E-state index contributed by atoms with van der Waals surface area (Å²) in [6.45, 7) is 8.52. The number of aromatic hydroxyl groups is 2. The van der Waals surface area contributed by atoms with E-state index in [4.69, 9.17) is 0 Å². The van der Waals surface area contributed by atoms with E-state index in [2.05, 4.69) is 0 Å². The highest BCUT2D eigenvalue weighted by atomic mass is 32.2. The Bertz CT molecular complexity index is 815. The quantitative estimate of drug-likeness (QED) is 0.888. The molecule has 22 heavy (non-hydrogen) atoms. The van der Waals surface area contributed by atoms with Crippen molar-refractivity contribution in [1.82, 2.24) is 0 Å². The van der Waals surface area contributed by atoms with Crippen molar-refractivity contribution in [2.45, 2.75) is 44.4 Å². The molecule has 0 radical (unpaired) electrons. The zero-order chi connectivity index (χ0) is 16.8. The summed E-state index contributed by atoms with van der Waals surface area (Å²) in [6.07, 6.45) is 0. The van der Waals surface area contributed by atoms with E-state index in [1.807, 2.05) is 0 Å². The highest BCUT2D eigenvalue weighted by Gasteiger charge is 2.30. The fourth-order valence-corrected chi connectivity index (χ4v) is 4.75. The number of rotatable bonds is 2. The average molecular weight is 320 g/mol. The molecule has 0 heterocycles. The predicted molar refractivity (Wildman–Crippen MR) is 85.4 cm³/mol. The number of hydrogen-bond acceptors (Lipinski definition) is 4. The number of hydrogen-bond donors (Lipinski definition) is 2. The van der Waals surface area contributed by atoms with Gasteiger partial charge < -0.3 is 10.2 Å². The van der Waals surface area contributed by atoms with Crippen LogP contribution in [0.2, 0.25) is 0 Å². The average Bonchev–Trinajstić information content (AvgIpc) is 2.34. The molecule has 0 unspecified atom stereocenters. The Kier molecular flexibility index (Phi) is 3.96. The van der Waals surface area contributed by atoms with Crippen molar-refractivity contribution >= 4 is 9.84 Å². The predicted octanol–water partition coefficient (Wildman–Crippen LogP) is 3.47. The largest absolute Gasteiger partial charge is 0.507 e. The molecule has 0 aliphatic carbocycles. The fourth-order valence-electron chi connectivity index (χ4n) is 2.75. The molecular formula is C17H20O4S. The zero-order valence-corrected chi connectivity index (χ0v) is 14.2. The molecular weight excluding hydrogens is 300 g/mol. The van der Waals surface area contributed by atoms with Crippen molar-refractivity contribution < 1.29 is 18.6 Å². The van der Waals surface area contributed by atoms with Crippen LogP contribution in [0.5, 0.6) is 11.5 Å². The van der Waals surface area contributed by atoms with E-state index in [9.17, 15) is 18.6 Å². The molecule has 2 aromatic rings. The second-order valence-electron chi connectivity index (χ2n) is 5.75. The fraction of sp³-hybridized carbons (Fsp3) is 0.294. The van der Waals surface area contributed by atoms with Gasteiger partial charge in [-0.25, -0.2) is 8.42 Å². The van der Waals surface area contributed by atoms with Gasteiger partial charge in [-0.05, 0) is 68.5 Å². The van der Waals surface area contributed by atoms with Crippen molar-refractivity contribution in [3.63, 3.8) is 0 Å². The Morgan fingerprint density at radius 2 is 1.36 bits per heavy atom. The van der Waals surface area contributed by atoms with Crippen LogP contribution in [0.25, 0.3) is 0 Å². The monoisotopic (exact) mass is 320 g/mol. The highest BCUT2D eigenvalue weighted by molar-refractivity contribution is 7.91. The van der Waals surface area contributed by atoms with Crippen LogP contribution in [-0.4, -0.2) is 18.6 Å². The van der Waals surface area contributed by atoms with Crippen LogP contribution in [0.3, 0.4) is 0 Å². The zero-order valence-electron chi connectivity index (χ0n) is 13.4. The first-order valence-electron chi connectivity index (χ1n) is 6.92. The molecule has 4 nitrogen and oxygen atoms in total. The third-order valence-electron chi connectivity index (χ3n) is 3.89. The maximum absolute atomic E-state index is 13.0. The lowest BCUT2D eigenvalue weighted by Gasteiger charge is -2.16. The van der Waals surface area contributed by atoms with E-state index in [-0.39, 0.29) is 21.3 Å². The molecule has 0 atom stereocenters. The van der Waals surface area contributed by atoms with Gasteiger partial charge >= 0.3 is 0 Å². The van der Waals surface area contributed by atoms with Crippen molar-refractivity contribution in [3.05, 3.63) is 46.0 Å². The summed E-state index contributed by atoms with van der Waals surface area (Å²) in [5, 5.41) is 20.4. The Labute approximate surface area is 131 Å². The Morgan fingerprint density at radius 3 is 1.91 bits per heavy atom. The van der Waals surface area contributed by atoms with Gasteiger partial charge in [0.05, 0.1) is 0 Å². The molecule has 0 fully saturated rings. The first-order valence-corrected chi connectivity index (χ1v) is 8.40. The van der Waals surface area contributed by atoms with Crippen LogP contribution in [0.4, 0.5) is 0 Å². The van der Waals surface area contributed by atoms with Crippen molar-refractivity contribution in [2.75, 3.05) is 0 Å². The molecule has 0 spiro atoms. The van der Waals surface area contributed by atoms with Crippen molar-refractivity contribution in [3.8, 4) is 11.5 Å². The Morgan fingerprint density at radius 1 is 0.773 bits per heavy atom. The van der Waals surface area contributed by atoms with Gasteiger partial charge in [0.1, 0.15) is 21.3 Å². The number of phenols is 2. The first-order chi connectivity index (χ1) is 10.1. The summed E-state index contributed by atoms with van der Waals surface area (Å²) in [6, 6.07) is 4.85. The van der Waals surface area contributed by atoms with Gasteiger partial charge in [-0.1, -0.05) is 12.1 Å². The Hall–Kier alpha value is -2.01. The second-order valence-corrected chi connectivity index (χ2v) is 7.57. The van der Waals surface area contributed by atoms with Gasteiger partial charge in [-0.2, -0.15) is 0 Å². The minimum Gasteiger partial charge on any atom is -0.507 e. The summed E-state index contributed by atoms with van der Waals surface area (Å²) in [7, 11) is -4.02. The van der Waals surface area contributed by atoms with Crippen LogP contribution in [-0.2, 0) is 9.84 Å². The lowest BCUT2D eigenvalue weighted by atomic mass is 10.1. The maximum atomic E-state index is 13.0. The summed E-state index contributed by atoms with van der Waals surface area (Å²) in [5.41, 5.74) is 2.98. The molecule has 2 aromatic carbocycles. The Balaban J connectivity index is 2.89. The van der Waals surface area contributed by atoms with Crippen molar-refractivity contribution in [1.29, 1.82) is 0 Å². The third-order valence-corrected chi connectivity index (χ3v) is 6.00. The highest BCUT2D eigenvalue weighted by Crippen LogP contribution is 2.40. The lowest BCUT2D eigenvalue weighted by molar-refractivity contribution is 0.448. The molecule has 0 aliphatic rings. The minimum atomic E-state index is -4.02. The number of aryl methyl sites for hydroxylation is 4. The van der Waals surface area contributed by atoms with Gasteiger partial charge in [0.25, 0.3) is 0 Å². The van der Waals surface area contributed by atoms with Crippen LogP contribution in [0.15, 0.2) is 28.0 Å². The van der Waals surface area contributed by atoms with E-state index in [0.29, 0.717) is 16.7 Å². The molecule has 0 aliphatic heterocycles. The normalized spacial score (nSPS) is 11.7. The standard InChI is InChI=1S/C17H20O4S/c1-9-6-12(4)16(14(18)7-9)22(20,21)17-13(5)10(2)8-11(3)15(17)19/h6-8,18-19H,1-5H3. The van der Waals surface area contributed by atoms with Crippen LogP contribution in [0, 0.1) is 34.6 Å². The third kappa shape index (κ3) is 2.46. The van der Waals surface area contributed by atoms with E-state index in [1.165, 1.54) is 6.07 Å². The van der Waals surface area contributed by atoms with E-state index < -0.39 is 9.84 Å². The minimum absolute atomic E-state index is 0.132. The molecule has 0 saturated carbocycles. The number of sulfone groups is 1. The van der Waals surface area contributed by atoms with Gasteiger partial charge in [-0.3, -0.25) is 0 Å². The summed E-state index contributed by atoms with van der Waals surface area (Å²) in [4.78, 5) is -0.284. The maximum Gasteiger partial charge on any atom is 0.214 e. The molecule has 5 heteroatoms. The van der Waals surface area contributed by atoms with Crippen molar-refractivity contribution in [2.24, 2.45) is 0 Å². The number of benzene rings is 2. The topological polar surface area (TPSA) is 74.6 Å². The summed E-state index contributed by atoms with van der Waals surface area (Å²) in [5.74, 6) is -0.557. The molecule has 118 valence electrons. The molecule has 0 saturated heterocycles. The second kappa shape index (κ2) is 5.32. The number of phenolic OH excluding ortho intramolecular Hbond substituents is 2. The van der Waals surface area contributed by atoms with Gasteiger partial charge in [0.2, 0.25) is 9.84 Å². The molecule has 0 amide bonds. The van der Waals surface area contributed by atoms with Gasteiger partial charge in [0, 0.05) is 0 Å². The summed E-state index contributed by atoms with van der Waals surface area (Å²) < 4.78 is 26.0.